The van der Waals surface area contributed by atoms with Gasteiger partial charge in [0.15, 0.2) is 15.6 Å². The zero-order chi connectivity index (χ0) is 13.2. The Morgan fingerprint density at radius 2 is 2.12 bits per heavy atom. The van der Waals surface area contributed by atoms with Crippen LogP contribution in [0.5, 0.6) is 0 Å². The van der Waals surface area contributed by atoms with Gasteiger partial charge in [0.25, 0.3) is 0 Å². The van der Waals surface area contributed by atoms with E-state index >= 15 is 0 Å². The second-order valence-corrected chi connectivity index (χ2v) is 6.57. The largest absolute Gasteiger partial charge is 0.298 e. The monoisotopic (exact) mass is 258 g/mol. The highest BCUT2D eigenvalue weighted by Crippen LogP contribution is 2.09. The van der Waals surface area contributed by atoms with Gasteiger partial charge < -0.3 is 0 Å². The van der Waals surface area contributed by atoms with Gasteiger partial charge in [0.1, 0.15) is 5.25 Å². The highest BCUT2D eigenvalue weighted by atomic mass is 32.2. The van der Waals surface area contributed by atoms with E-state index in [2.05, 4.69) is 5.10 Å². The van der Waals surface area contributed by atoms with Crippen molar-refractivity contribution in [3.05, 3.63) is 17.5 Å². The molecule has 1 atom stereocenters. The topological polar surface area (TPSA) is 69.0 Å². The van der Waals surface area contributed by atoms with E-state index in [0.29, 0.717) is 6.54 Å². The molecule has 0 aliphatic heterocycles. The Hall–Kier alpha value is -1.17. The van der Waals surface area contributed by atoms with Crippen molar-refractivity contribution in [2.75, 3.05) is 6.26 Å². The van der Waals surface area contributed by atoms with Crippen LogP contribution in [0, 0.1) is 6.92 Å². The minimum Gasteiger partial charge on any atom is -0.298 e. The van der Waals surface area contributed by atoms with Crippen molar-refractivity contribution in [1.82, 2.24) is 9.78 Å². The molecule has 0 fully saturated rings. The molecule has 0 saturated heterocycles. The first-order chi connectivity index (χ1) is 7.75. The van der Waals surface area contributed by atoms with Crippen molar-refractivity contribution in [2.45, 2.75) is 39.0 Å². The first kappa shape index (κ1) is 13.9. The van der Waals surface area contributed by atoms with Crippen molar-refractivity contribution in [2.24, 2.45) is 0 Å². The summed E-state index contributed by atoms with van der Waals surface area (Å²) in [5, 5.41) is 3.26. The lowest BCUT2D eigenvalue weighted by Crippen LogP contribution is -2.28. The molecule has 5 nitrogen and oxygen atoms in total. The standard InChI is InChI=1S/C11H18N2O3S/c1-5-13-10(6-8(2)12-13)7-11(14)9(3)17(4,15)16/h6,9H,5,7H2,1-4H3. The summed E-state index contributed by atoms with van der Waals surface area (Å²) in [6, 6.07) is 1.82. The van der Waals surface area contributed by atoms with E-state index < -0.39 is 15.1 Å². The molecule has 0 aliphatic carbocycles. The zero-order valence-electron chi connectivity index (χ0n) is 10.6. The van der Waals surface area contributed by atoms with E-state index in [1.54, 1.807) is 4.68 Å². The Labute approximate surface area is 102 Å². The first-order valence-corrected chi connectivity index (χ1v) is 7.46. The summed E-state index contributed by atoms with van der Waals surface area (Å²) in [5.74, 6) is -0.290. The molecule has 0 aromatic carbocycles. The number of sulfone groups is 1. The third-order valence-corrected chi connectivity index (χ3v) is 4.28. The lowest BCUT2D eigenvalue weighted by atomic mass is 10.1. The number of carbonyl (C=O) groups excluding carboxylic acids is 1. The fourth-order valence-electron chi connectivity index (χ4n) is 1.58. The van der Waals surface area contributed by atoms with Gasteiger partial charge in [-0.2, -0.15) is 5.10 Å². The van der Waals surface area contributed by atoms with Gasteiger partial charge in [-0.05, 0) is 26.8 Å². The van der Waals surface area contributed by atoms with Gasteiger partial charge in [0, 0.05) is 24.9 Å². The number of nitrogens with zero attached hydrogens (tertiary/aromatic N) is 2. The van der Waals surface area contributed by atoms with E-state index in [-0.39, 0.29) is 12.2 Å². The summed E-state index contributed by atoms with van der Waals surface area (Å²) in [4.78, 5) is 11.8. The highest BCUT2D eigenvalue weighted by Gasteiger charge is 2.24. The second-order valence-electron chi connectivity index (χ2n) is 4.21. The molecule has 0 amide bonds. The molecule has 6 heteroatoms. The van der Waals surface area contributed by atoms with Gasteiger partial charge in [0.2, 0.25) is 0 Å². The third kappa shape index (κ3) is 3.39. The van der Waals surface area contributed by atoms with Crippen molar-refractivity contribution < 1.29 is 13.2 Å². The SMILES string of the molecule is CCn1nc(C)cc1CC(=O)C(C)S(C)(=O)=O. The van der Waals surface area contributed by atoms with Crippen LogP contribution in [-0.2, 0) is 27.6 Å². The average Bonchev–Trinajstić information content (AvgIpc) is 2.56. The quantitative estimate of drug-likeness (QED) is 0.781. The maximum Gasteiger partial charge on any atom is 0.157 e. The van der Waals surface area contributed by atoms with E-state index in [1.165, 1.54) is 6.92 Å². The van der Waals surface area contributed by atoms with Gasteiger partial charge in [-0.1, -0.05) is 0 Å². The molecular weight excluding hydrogens is 240 g/mol. The Morgan fingerprint density at radius 1 is 1.53 bits per heavy atom. The van der Waals surface area contributed by atoms with Gasteiger partial charge in [0.05, 0.1) is 5.69 Å². The molecule has 1 rings (SSSR count). The minimum absolute atomic E-state index is 0.114. The summed E-state index contributed by atoms with van der Waals surface area (Å²) in [6.45, 7) is 5.88. The van der Waals surface area contributed by atoms with Crippen LogP contribution < -0.4 is 0 Å². The number of aryl methyl sites for hydroxylation is 2. The van der Waals surface area contributed by atoms with Crippen LogP contribution in [0.1, 0.15) is 25.2 Å². The van der Waals surface area contributed by atoms with Crippen LogP contribution in [0.4, 0.5) is 0 Å². The lowest BCUT2D eigenvalue weighted by molar-refractivity contribution is -0.117. The normalized spacial score (nSPS) is 13.6. The van der Waals surface area contributed by atoms with Crippen LogP contribution in [-0.4, -0.2) is 35.5 Å². The Morgan fingerprint density at radius 3 is 2.59 bits per heavy atom. The Kier molecular flexibility index (Phi) is 4.08. The number of rotatable bonds is 5. The molecule has 1 heterocycles. The fraction of sp³-hybridized carbons (Fsp3) is 0.636. The second kappa shape index (κ2) is 5.00. The maximum atomic E-state index is 11.8. The van der Waals surface area contributed by atoms with E-state index in [1.807, 2.05) is 19.9 Å². The van der Waals surface area contributed by atoms with Gasteiger partial charge in [-0.25, -0.2) is 8.42 Å². The number of ketones is 1. The fourth-order valence-corrected chi connectivity index (χ4v) is 2.14. The molecule has 0 radical (unpaired) electrons. The molecule has 0 saturated carbocycles. The minimum atomic E-state index is -3.31. The Balaban J connectivity index is 2.88. The number of aromatic nitrogens is 2. The van der Waals surface area contributed by atoms with Crippen molar-refractivity contribution in [1.29, 1.82) is 0 Å². The summed E-state index contributed by atoms with van der Waals surface area (Å²) < 4.78 is 24.3. The Bertz CT molecular complexity index is 517. The van der Waals surface area contributed by atoms with Crippen LogP contribution in [0.15, 0.2) is 6.07 Å². The summed E-state index contributed by atoms with van der Waals surface area (Å²) >= 11 is 0. The molecular formula is C11H18N2O3S. The molecule has 17 heavy (non-hydrogen) atoms. The summed E-state index contributed by atoms with van der Waals surface area (Å²) in [5.41, 5.74) is 1.60. The average molecular weight is 258 g/mol. The molecule has 1 unspecified atom stereocenters. The van der Waals surface area contributed by atoms with Gasteiger partial charge in [-0.3, -0.25) is 9.48 Å². The van der Waals surface area contributed by atoms with Gasteiger partial charge >= 0.3 is 0 Å². The summed E-state index contributed by atoms with van der Waals surface area (Å²) in [7, 11) is -3.31. The molecule has 1 aromatic heterocycles. The number of hydrogen-bond donors (Lipinski definition) is 0. The predicted octanol–water partition coefficient (Wildman–Crippen LogP) is 0.756. The van der Waals surface area contributed by atoms with Crippen LogP contribution >= 0.6 is 0 Å². The zero-order valence-corrected chi connectivity index (χ0v) is 11.4. The third-order valence-electron chi connectivity index (χ3n) is 2.74. The number of hydrogen-bond acceptors (Lipinski definition) is 4. The highest BCUT2D eigenvalue weighted by molar-refractivity contribution is 7.92. The van der Waals surface area contributed by atoms with Crippen molar-refractivity contribution >= 4 is 15.6 Å². The van der Waals surface area contributed by atoms with Crippen molar-refractivity contribution in [3.63, 3.8) is 0 Å². The first-order valence-electron chi connectivity index (χ1n) is 5.50. The predicted molar refractivity (Wildman–Crippen MR) is 65.7 cm³/mol. The van der Waals surface area contributed by atoms with Gasteiger partial charge in [-0.15, -0.1) is 0 Å². The lowest BCUT2D eigenvalue weighted by Gasteiger charge is -2.09. The molecule has 1 aromatic rings. The molecule has 96 valence electrons. The molecule has 0 N–H and O–H groups in total. The number of Topliss-reactive ketones (excluding diaryl/α,β-unsaturated/α-hetero) is 1. The van der Waals surface area contributed by atoms with E-state index in [4.69, 9.17) is 0 Å². The van der Waals surface area contributed by atoms with Crippen LogP contribution in [0.3, 0.4) is 0 Å². The molecule has 0 aliphatic rings. The molecule has 0 spiro atoms. The number of carbonyl (C=O) groups is 1. The van der Waals surface area contributed by atoms with Crippen molar-refractivity contribution in [3.8, 4) is 0 Å². The maximum absolute atomic E-state index is 11.8. The van der Waals surface area contributed by atoms with Crippen LogP contribution in [0.2, 0.25) is 0 Å². The smallest absolute Gasteiger partial charge is 0.157 e. The van der Waals surface area contributed by atoms with Crippen LogP contribution in [0.25, 0.3) is 0 Å². The molecule has 0 bridgehead atoms. The van der Waals surface area contributed by atoms with E-state index in [9.17, 15) is 13.2 Å². The van der Waals surface area contributed by atoms with E-state index in [0.717, 1.165) is 17.6 Å². The summed E-state index contributed by atoms with van der Waals surface area (Å²) in [6.07, 6.45) is 1.20.